The van der Waals surface area contributed by atoms with Crippen LogP contribution in [0.4, 0.5) is 0 Å². The molecule has 17 heavy (non-hydrogen) atoms. The molecule has 2 aromatic heterocycles. The Balaban J connectivity index is 1.85. The second-order valence-corrected chi connectivity index (χ2v) is 3.97. The van der Waals surface area contributed by atoms with Crippen molar-refractivity contribution < 1.29 is 0 Å². The third-order valence-electron chi connectivity index (χ3n) is 2.60. The first-order valence-corrected chi connectivity index (χ1v) is 5.86. The summed E-state index contributed by atoms with van der Waals surface area (Å²) in [5.74, 6) is 0. The number of hydrogen-bond donors (Lipinski definition) is 1. The summed E-state index contributed by atoms with van der Waals surface area (Å²) < 4.78 is 1.88. The van der Waals surface area contributed by atoms with Gasteiger partial charge in [-0.3, -0.25) is 9.67 Å². The molecule has 5 nitrogen and oxygen atoms in total. The molecule has 0 aliphatic heterocycles. The van der Waals surface area contributed by atoms with Crippen molar-refractivity contribution in [3.8, 4) is 0 Å². The molecule has 0 unspecified atom stereocenters. The minimum atomic E-state index is 0.698. The van der Waals surface area contributed by atoms with Crippen molar-refractivity contribution >= 4 is 0 Å². The van der Waals surface area contributed by atoms with Gasteiger partial charge in [0.25, 0.3) is 0 Å². The van der Waals surface area contributed by atoms with Crippen LogP contribution in [0.2, 0.25) is 0 Å². The predicted octanol–water partition coefficient (Wildman–Crippen LogP) is 0.807. The molecule has 0 spiro atoms. The van der Waals surface area contributed by atoms with Gasteiger partial charge >= 0.3 is 0 Å². The van der Waals surface area contributed by atoms with Crippen molar-refractivity contribution in [2.45, 2.75) is 25.8 Å². The van der Waals surface area contributed by atoms with Gasteiger partial charge in [0.2, 0.25) is 0 Å². The molecule has 0 fully saturated rings. The SMILES string of the molecule is NCCCc1cn(CCc2ccncc2)nn1. The lowest BCUT2D eigenvalue weighted by Gasteiger charge is -2.00. The van der Waals surface area contributed by atoms with E-state index in [-0.39, 0.29) is 0 Å². The fourth-order valence-corrected chi connectivity index (χ4v) is 1.64. The van der Waals surface area contributed by atoms with Crippen molar-refractivity contribution in [1.82, 2.24) is 20.0 Å². The Morgan fingerprint density at radius 1 is 1.18 bits per heavy atom. The first-order chi connectivity index (χ1) is 8.38. The summed E-state index contributed by atoms with van der Waals surface area (Å²) in [6.45, 7) is 1.55. The summed E-state index contributed by atoms with van der Waals surface area (Å²) in [6.07, 6.45) is 8.43. The van der Waals surface area contributed by atoms with Crippen molar-refractivity contribution in [3.05, 3.63) is 42.0 Å². The predicted molar refractivity (Wildman–Crippen MR) is 65.3 cm³/mol. The van der Waals surface area contributed by atoms with Gasteiger partial charge in [-0.25, -0.2) is 0 Å². The van der Waals surface area contributed by atoms with Gasteiger partial charge in [-0.2, -0.15) is 0 Å². The molecule has 0 amide bonds. The minimum Gasteiger partial charge on any atom is -0.330 e. The van der Waals surface area contributed by atoms with E-state index in [0.717, 1.165) is 31.5 Å². The van der Waals surface area contributed by atoms with E-state index in [4.69, 9.17) is 5.73 Å². The summed E-state index contributed by atoms with van der Waals surface area (Å²) in [7, 11) is 0. The van der Waals surface area contributed by atoms with Crippen LogP contribution >= 0.6 is 0 Å². The van der Waals surface area contributed by atoms with Crippen LogP contribution in [0.25, 0.3) is 0 Å². The molecule has 2 N–H and O–H groups in total. The number of rotatable bonds is 6. The smallest absolute Gasteiger partial charge is 0.0827 e. The highest BCUT2D eigenvalue weighted by Crippen LogP contribution is 2.01. The van der Waals surface area contributed by atoms with Gasteiger partial charge in [0.05, 0.1) is 5.69 Å². The second kappa shape index (κ2) is 6.10. The molecule has 2 aromatic rings. The van der Waals surface area contributed by atoms with Gasteiger partial charge in [-0.05, 0) is 43.5 Å². The lowest BCUT2D eigenvalue weighted by molar-refractivity contribution is 0.589. The van der Waals surface area contributed by atoms with E-state index in [1.165, 1.54) is 5.56 Å². The first-order valence-electron chi connectivity index (χ1n) is 5.86. The Morgan fingerprint density at radius 2 is 2.00 bits per heavy atom. The van der Waals surface area contributed by atoms with Gasteiger partial charge in [0.1, 0.15) is 0 Å². The van der Waals surface area contributed by atoms with Gasteiger partial charge in [-0.1, -0.05) is 5.21 Å². The van der Waals surface area contributed by atoms with Gasteiger partial charge < -0.3 is 5.73 Å². The Hall–Kier alpha value is -1.75. The Kier molecular flexibility index (Phi) is 4.21. The standard InChI is InChI=1S/C12H17N5/c13-6-1-2-12-10-17(16-15-12)9-5-11-3-7-14-8-4-11/h3-4,7-8,10H,1-2,5-6,9,13H2. The molecule has 0 aliphatic carbocycles. The Morgan fingerprint density at radius 3 is 2.76 bits per heavy atom. The third-order valence-corrected chi connectivity index (χ3v) is 2.60. The normalized spacial score (nSPS) is 10.6. The molecular weight excluding hydrogens is 214 g/mol. The molecule has 0 radical (unpaired) electrons. The average molecular weight is 231 g/mol. The van der Waals surface area contributed by atoms with E-state index in [1.807, 2.05) is 35.4 Å². The van der Waals surface area contributed by atoms with E-state index >= 15 is 0 Å². The molecule has 0 bridgehead atoms. The molecule has 0 aliphatic rings. The van der Waals surface area contributed by atoms with Crippen molar-refractivity contribution in [2.75, 3.05) is 6.54 Å². The third kappa shape index (κ3) is 3.64. The Labute approximate surface area is 101 Å². The van der Waals surface area contributed by atoms with E-state index in [0.29, 0.717) is 6.54 Å². The number of aryl methyl sites for hydroxylation is 3. The van der Waals surface area contributed by atoms with Crippen LogP contribution in [-0.2, 0) is 19.4 Å². The van der Waals surface area contributed by atoms with Crippen LogP contribution in [0, 0.1) is 0 Å². The summed E-state index contributed by atoms with van der Waals surface area (Å²) >= 11 is 0. The summed E-state index contributed by atoms with van der Waals surface area (Å²) in [5.41, 5.74) is 7.74. The number of pyridine rings is 1. The zero-order valence-corrected chi connectivity index (χ0v) is 9.79. The van der Waals surface area contributed by atoms with Gasteiger partial charge in [0.15, 0.2) is 0 Å². The average Bonchev–Trinajstić information content (AvgIpc) is 2.83. The maximum absolute atomic E-state index is 5.46. The summed E-state index contributed by atoms with van der Waals surface area (Å²) in [5, 5.41) is 8.21. The molecule has 0 atom stereocenters. The molecule has 0 saturated heterocycles. The van der Waals surface area contributed by atoms with Crippen LogP contribution in [0.15, 0.2) is 30.7 Å². The number of nitrogens with two attached hydrogens (primary N) is 1. The minimum absolute atomic E-state index is 0.698. The first kappa shape index (κ1) is 11.7. The summed E-state index contributed by atoms with van der Waals surface area (Å²) in [6, 6.07) is 4.04. The zero-order chi connectivity index (χ0) is 11.9. The largest absolute Gasteiger partial charge is 0.330 e. The highest BCUT2D eigenvalue weighted by Gasteiger charge is 2.00. The van der Waals surface area contributed by atoms with Crippen LogP contribution in [0.1, 0.15) is 17.7 Å². The molecule has 2 heterocycles. The number of hydrogen-bond acceptors (Lipinski definition) is 4. The van der Waals surface area contributed by atoms with E-state index in [1.54, 1.807) is 0 Å². The molecule has 0 aromatic carbocycles. The van der Waals surface area contributed by atoms with Crippen LogP contribution in [-0.4, -0.2) is 26.5 Å². The number of nitrogens with zero attached hydrogens (tertiary/aromatic N) is 4. The van der Waals surface area contributed by atoms with E-state index < -0.39 is 0 Å². The quantitative estimate of drug-likeness (QED) is 0.798. The zero-order valence-electron chi connectivity index (χ0n) is 9.79. The van der Waals surface area contributed by atoms with Crippen molar-refractivity contribution in [2.24, 2.45) is 5.73 Å². The Bertz CT molecular complexity index is 437. The van der Waals surface area contributed by atoms with E-state index in [9.17, 15) is 0 Å². The highest BCUT2D eigenvalue weighted by molar-refractivity contribution is 5.09. The molecule has 0 saturated carbocycles. The maximum Gasteiger partial charge on any atom is 0.0827 e. The second-order valence-electron chi connectivity index (χ2n) is 3.97. The van der Waals surface area contributed by atoms with Crippen LogP contribution in [0.5, 0.6) is 0 Å². The molecule has 5 heteroatoms. The maximum atomic E-state index is 5.46. The van der Waals surface area contributed by atoms with E-state index in [2.05, 4.69) is 15.3 Å². The summed E-state index contributed by atoms with van der Waals surface area (Å²) in [4.78, 5) is 3.99. The van der Waals surface area contributed by atoms with Crippen molar-refractivity contribution in [3.63, 3.8) is 0 Å². The monoisotopic (exact) mass is 231 g/mol. The van der Waals surface area contributed by atoms with Crippen molar-refractivity contribution in [1.29, 1.82) is 0 Å². The van der Waals surface area contributed by atoms with Crippen LogP contribution in [0.3, 0.4) is 0 Å². The van der Waals surface area contributed by atoms with Gasteiger partial charge in [-0.15, -0.1) is 5.10 Å². The number of aromatic nitrogens is 4. The van der Waals surface area contributed by atoms with Gasteiger partial charge in [0, 0.05) is 25.1 Å². The molecule has 90 valence electrons. The fraction of sp³-hybridized carbons (Fsp3) is 0.417. The highest BCUT2D eigenvalue weighted by atomic mass is 15.4. The fourth-order valence-electron chi connectivity index (χ4n) is 1.64. The lowest BCUT2D eigenvalue weighted by atomic mass is 10.2. The molecular formula is C12H17N5. The lowest BCUT2D eigenvalue weighted by Crippen LogP contribution is -2.02. The topological polar surface area (TPSA) is 69.6 Å². The van der Waals surface area contributed by atoms with Crippen LogP contribution < -0.4 is 5.73 Å². The molecule has 2 rings (SSSR count).